The highest BCUT2D eigenvalue weighted by Crippen LogP contribution is 2.61. The summed E-state index contributed by atoms with van der Waals surface area (Å²) >= 11 is 0. The first-order chi connectivity index (χ1) is 15.6. The van der Waals surface area contributed by atoms with Gasteiger partial charge < -0.3 is 9.84 Å². The number of nitrogens with zero attached hydrogens (tertiary/aromatic N) is 1. The van der Waals surface area contributed by atoms with Gasteiger partial charge in [-0.1, -0.05) is 35.5 Å². The fraction of sp³-hybridized carbons (Fsp3) is 0.619. The van der Waals surface area contributed by atoms with Gasteiger partial charge >= 0.3 is 27.5 Å². The molecule has 0 aliphatic heterocycles. The van der Waals surface area contributed by atoms with Gasteiger partial charge in [-0.15, -0.1) is 0 Å². The van der Waals surface area contributed by atoms with Crippen molar-refractivity contribution in [3.63, 3.8) is 0 Å². The summed E-state index contributed by atoms with van der Waals surface area (Å²) in [4.78, 5) is 12.0. The molecule has 1 aromatic carbocycles. The molecule has 7 nitrogen and oxygen atoms in total. The number of ether oxygens (including phenoxy) is 1. The van der Waals surface area contributed by atoms with Gasteiger partial charge in [0.15, 0.2) is 5.71 Å². The predicted molar refractivity (Wildman–Crippen MR) is 107 cm³/mol. The molecule has 4 aliphatic rings. The highest BCUT2D eigenvalue weighted by Gasteiger charge is 2.60. The molecular formula is C21H22F5NO6S. The Hall–Kier alpha value is -2.28. The number of esters is 1. The van der Waals surface area contributed by atoms with E-state index in [4.69, 9.17) is 0 Å². The molecule has 2 atom stereocenters. The van der Waals surface area contributed by atoms with Gasteiger partial charge in [-0.25, -0.2) is 4.79 Å². The Morgan fingerprint density at radius 1 is 1.06 bits per heavy atom. The summed E-state index contributed by atoms with van der Waals surface area (Å²) < 4.78 is 101. The largest absolute Gasteiger partial charge is 0.478 e. The Balaban J connectivity index is 1.47. The van der Waals surface area contributed by atoms with E-state index in [1.165, 1.54) is 18.2 Å². The lowest BCUT2D eigenvalue weighted by atomic mass is 9.48. The number of rotatable bonds is 7. The lowest BCUT2D eigenvalue weighted by molar-refractivity contribution is -0.193. The molecule has 2 unspecified atom stereocenters. The van der Waals surface area contributed by atoms with Crippen molar-refractivity contribution in [1.29, 1.82) is 0 Å². The smallest absolute Gasteiger partial charge is 0.460 e. The van der Waals surface area contributed by atoms with E-state index in [0.717, 1.165) is 18.6 Å². The maximum absolute atomic E-state index is 14.4. The fourth-order valence-electron chi connectivity index (χ4n) is 5.97. The zero-order valence-corrected chi connectivity index (χ0v) is 18.5. The lowest BCUT2D eigenvalue weighted by Crippen LogP contribution is -2.57. The Morgan fingerprint density at radius 2 is 1.65 bits per heavy atom. The number of hydrogen-bond donors (Lipinski definition) is 1. The number of hydrogen-bond acceptors (Lipinski definition) is 7. The van der Waals surface area contributed by atoms with E-state index in [-0.39, 0.29) is 18.3 Å². The SMILES string of the molecule is O=C(OCC12CC3CC(CC(O)(C3)C1)C2)C(F)(F)S(=O)(=O)ON=C(c1ccccc1)C(F)(F)F. The summed E-state index contributed by atoms with van der Waals surface area (Å²) in [5.74, 6) is -2.16. The monoisotopic (exact) mass is 511 g/mol. The summed E-state index contributed by atoms with van der Waals surface area (Å²) in [6, 6.07) is 5.61. The maximum Gasteiger partial charge on any atom is 0.478 e. The van der Waals surface area contributed by atoms with E-state index in [1.807, 2.05) is 0 Å². The topological polar surface area (TPSA) is 102 Å². The first-order valence-electron chi connectivity index (χ1n) is 10.6. The Morgan fingerprint density at radius 3 is 2.18 bits per heavy atom. The molecular weight excluding hydrogens is 489 g/mol. The number of carbonyl (C=O) groups is 1. The molecule has 0 amide bonds. The molecule has 4 bridgehead atoms. The van der Waals surface area contributed by atoms with Gasteiger partial charge in [0.05, 0.1) is 12.2 Å². The van der Waals surface area contributed by atoms with Crippen molar-refractivity contribution in [3.05, 3.63) is 35.9 Å². The Bertz CT molecular complexity index is 1070. The average molecular weight is 511 g/mol. The van der Waals surface area contributed by atoms with Crippen LogP contribution in [-0.2, 0) is 23.9 Å². The first-order valence-corrected chi connectivity index (χ1v) is 12.0. The summed E-state index contributed by atoms with van der Waals surface area (Å²) in [6.45, 7) is -0.534. The molecule has 13 heteroatoms. The van der Waals surface area contributed by atoms with Crippen molar-refractivity contribution in [2.75, 3.05) is 6.61 Å². The van der Waals surface area contributed by atoms with Crippen LogP contribution in [0.2, 0.25) is 0 Å². The third kappa shape index (κ3) is 4.64. The summed E-state index contributed by atoms with van der Waals surface area (Å²) in [5, 5.41) is 7.78. The fourth-order valence-corrected chi connectivity index (χ4v) is 6.50. The zero-order chi connectivity index (χ0) is 25.0. The van der Waals surface area contributed by atoms with Gasteiger partial charge in [0.1, 0.15) is 0 Å². The molecule has 4 fully saturated rings. The van der Waals surface area contributed by atoms with Crippen molar-refractivity contribution in [3.8, 4) is 0 Å². The third-order valence-electron chi connectivity index (χ3n) is 6.75. The Kier molecular flexibility index (Phi) is 5.95. The standard InChI is InChI=1S/C21H22F5NO6S/c22-20(23,24)16(15-4-2-1-3-5-15)27-33-34(30,31)21(25,26)17(28)32-12-18-7-13-6-14(8-18)10-19(29,9-13)11-18/h1-5,13-14,29H,6-12H2. The molecule has 0 radical (unpaired) electrons. The molecule has 4 saturated carbocycles. The van der Waals surface area contributed by atoms with Crippen LogP contribution in [0.1, 0.15) is 44.1 Å². The van der Waals surface area contributed by atoms with Gasteiger partial charge in [-0.2, -0.15) is 30.4 Å². The first kappa shape index (κ1) is 24.8. The van der Waals surface area contributed by atoms with Crippen molar-refractivity contribution < 1.29 is 49.3 Å². The van der Waals surface area contributed by atoms with E-state index < -0.39 is 56.4 Å². The van der Waals surface area contributed by atoms with Crippen LogP contribution in [0.25, 0.3) is 0 Å². The van der Waals surface area contributed by atoms with Gasteiger partial charge in [0.2, 0.25) is 0 Å². The maximum atomic E-state index is 14.4. The lowest BCUT2D eigenvalue weighted by Gasteiger charge is -2.59. The Labute approximate surface area is 192 Å². The van der Waals surface area contributed by atoms with Crippen LogP contribution in [0.4, 0.5) is 22.0 Å². The number of carbonyl (C=O) groups excluding carboxylic acids is 1. The molecule has 1 aromatic rings. The molecule has 0 spiro atoms. The van der Waals surface area contributed by atoms with E-state index >= 15 is 0 Å². The molecule has 4 aliphatic carbocycles. The van der Waals surface area contributed by atoms with Crippen LogP contribution in [0.15, 0.2) is 35.5 Å². The van der Waals surface area contributed by atoms with Gasteiger partial charge in [-0.05, 0) is 50.4 Å². The van der Waals surface area contributed by atoms with Crippen LogP contribution in [0.3, 0.4) is 0 Å². The molecule has 0 heterocycles. The van der Waals surface area contributed by atoms with Crippen LogP contribution in [0, 0.1) is 17.3 Å². The predicted octanol–water partition coefficient (Wildman–Crippen LogP) is 3.77. The average Bonchev–Trinajstić information content (AvgIpc) is 2.70. The molecule has 188 valence electrons. The second-order valence-electron chi connectivity index (χ2n) is 9.61. The molecule has 1 N–H and O–H groups in total. The highest BCUT2D eigenvalue weighted by molar-refractivity contribution is 7.88. The van der Waals surface area contributed by atoms with E-state index in [9.17, 15) is 40.3 Å². The number of oxime groups is 1. The highest BCUT2D eigenvalue weighted by atomic mass is 32.2. The van der Waals surface area contributed by atoms with Crippen molar-refractivity contribution in [2.45, 2.75) is 55.6 Å². The van der Waals surface area contributed by atoms with Crippen LogP contribution >= 0.6 is 0 Å². The van der Waals surface area contributed by atoms with Crippen molar-refractivity contribution >= 4 is 21.8 Å². The van der Waals surface area contributed by atoms with E-state index in [1.54, 1.807) is 0 Å². The number of aliphatic hydroxyl groups is 1. The normalized spacial score (nSPS) is 31.4. The van der Waals surface area contributed by atoms with Gasteiger partial charge in [0, 0.05) is 11.0 Å². The van der Waals surface area contributed by atoms with Crippen LogP contribution in [-0.4, -0.2) is 48.8 Å². The molecule has 0 aromatic heterocycles. The number of halogens is 5. The van der Waals surface area contributed by atoms with E-state index in [2.05, 4.69) is 14.2 Å². The second-order valence-corrected chi connectivity index (χ2v) is 11.2. The van der Waals surface area contributed by atoms with Crippen molar-refractivity contribution in [1.82, 2.24) is 0 Å². The molecule has 34 heavy (non-hydrogen) atoms. The summed E-state index contributed by atoms with van der Waals surface area (Å²) in [5.41, 5.74) is -4.21. The van der Waals surface area contributed by atoms with Gasteiger partial charge in [0.25, 0.3) is 0 Å². The third-order valence-corrected chi connectivity index (χ3v) is 7.82. The minimum atomic E-state index is -6.26. The number of alkyl halides is 5. The van der Waals surface area contributed by atoms with Crippen LogP contribution < -0.4 is 0 Å². The molecule has 5 rings (SSSR count). The van der Waals surface area contributed by atoms with Gasteiger partial charge in [-0.3, -0.25) is 4.28 Å². The zero-order valence-electron chi connectivity index (χ0n) is 17.7. The minimum Gasteiger partial charge on any atom is -0.460 e. The molecule has 0 saturated heterocycles. The minimum absolute atomic E-state index is 0.158. The number of benzene rings is 1. The quantitative estimate of drug-likeness (QED) is 0.259. The summed E-state index contributed by atoms with van der Waals surface area (Å²) in [6.07, 6.45) is -1.85. The summed E-state index contributed by atoms with van der Waals surface area (Å²) in [7, 11) is -6.26. The van der Waals surface area contributed by atoms with E-state index in [0.29, 0.717) is 25.7 Å². The van der Waals surface area contributed by atoms with Crippen LogP contribution in [0.5, 0.6) is 0 Å². The second kappa shape index (κ2) is 8.14. The van der Waals surface area contributed by atoms with Crippen molar-refractivity contribution in [2.24, 2.45) is 22.4 Å².